The molecule has 0 saturated carbocycles. The van der Waals surface area contributed by atoms with Crippen LogP contribution in [0.4, 0.5) is 5.69 Å². The number of sulfonamides is 1. The second kappa shape index (κ2) is 7.85. The topological polar surface area (TPSA) is 74.8 Å². The van der Waals surface area contributed by atoms with Crippen LogP contribution in [0.1, 0.15) is 33.6 Å². The van der Waals surface area contributed by atoms with Gasteiger partial charge < -0.3 is 0 Å². The molecule has 1 atom stereocenters. The van der Waals surface area contributed by atoms with E-state index in [0.717, 1.165) is 19.8 Å². The van der Waals surface area contributed by atoms with Gasteiger partial charge >= 0.3 is 0 Å². The molecule has 1 aromatic carbocycles. The highest BCUT2D eigenvalue weighted by atomic mass is 127. The number of rotatable bonds is 6. The van der Waals surface area contributed by atoms with Gasteiger partial charge in [0.2, 0.25) is 5.91 Å². The summed E-state index contributed by atoms with van der Waals surface area (Å²) in [6, 6.07) is 9.13. The highest BCUT2D eigenvalue weighted by Crippen LogP contribution is 2.36. The molecule has 6 nitrogen and oxygen atoms in total. The van der Waals surface area contributed by atoms with Crippen molar-refractivity contribution in [2.45, 2.75) is 49.4 Å². The van der Waals surface area contributed by atoms with Crippen LogP contribution in [0.25, 0.3) is 0 Å². The number of imide groups is 1. The number of thiophene rings is 1. The number of amides is 2. The first-order chi connectivity index (χ1) is 13.1. The molecule has 1 unspecified atom stereocenters. The number of halogens is 1. The largest absolute Gasteiger partial charge is 0.274 e. The fourth-order valence-electron chi connectivity index (χ4n) is 3.24. The molecule has 2 amide bonds. The van der Waals surface area contributed by atoms with E-state index in [1.165, 1.54) is 10.4 Å². The lowest BCUT2D eigenvalue weighted by Crippen LogP contribution is -2.55. The predicted octanol–water partition coefficient (Wildman–Crippen LogP) is 3.86. The molecule has 3 rings (SSSR count). The normalized spacial score (nSPS) is 18.3. The van der Waals surface area contributed by atoms with Gasteiger partial charge in [-0.2, -0.15) is 4.31 Å². The molecule has 0 aliphatic carbocycles. The van der Waals surface area contributed by atoms with Crippen molar-refractivity contribution in [3.8, 4) is 0 Å². The molecule has 1 saturated heterocycles. The first kappa shape index (κ1) is 21.4. The molecule has 2 heterocycles. The predicted molar refractivity (Wildman–Crippen MR) is 118 cm³/mol. The maximum atomic E-state index is 13.4. The second-order valence-electron chi connectivity index (χ2n) is 7.16. The number of carbonyl (C=O) groups excluding carboxylic acids is 2. The minimum Gasteiger partial charge on any atom is -0.274 e. The smallest absolute Gasteiger partial charge is 0.253 e. The van der Waals surface area contributed by atoms with Crippen molar-refractivity contribution in [1.82, 2.24) is 4.31 Å². The highest BCUT2D eigenvalue weighted by molar-refractivity contribution is 14.1. The Labute approximate surface area is 182 Å². The molecule has 1 aliphatic rings. The SMILES string of the molecule is CCC(C)(C)N(C1CC(=O)N(c2ccc(I)cc2)C1=O)S(=O)(=O)c1cccs1. The summed E-state index contributed by atoms with van der Waals surface area (Å²) in [5, 5.41) is 1.68. The minimum absolute atomic E-state index is 0.168. The Morgan fingerprint density at radius 3 is 2.39 bits per heavy atom. The molecule has 0 bridgehead atoms. The van der Waals surface area contributed by atoms with Gasteiger partial charge in [-0.1, -0.05) is 13.0 Å². The van der Waals surface area contributed by atoms with E-state index in [-0.39, 0.29) is 10.6 Å². The van der Waals surface area contributed by atoms with E-state index in [1.807, 2.05) is 6.92 Å². The van der Waals surface area contributed by atoms with Gasteiger partial charge in [0, 0.05) is 9.11 Å². The van der Waals surface area contributed by atoms with Gasteiger partial charge in [0.1, 0.15) is 10.3 Å². The minimum atomic E-state index is -3.93. The molecule has 1 fully saturated rings. The lowest BCUT2D eigenvalue weighted by atomic mass is 10.00. The average molecular weight is 532 g/mol. The molecule has 28 heavy (non-hydrogen) atoms. The monoisotopic (exact) mass is 532 g/mol. The first-order valence-corrected chi connectivity index (χ1v) is 12.2. The number of nitrogens with zero attached hydrogens (tertiary/aromatic N) is 2. The number of carbonyl (C=O) groups is 2. The van der Waals surface area contributed by atoms with Crippen molar-refractivity contribution in [2.75, 3.05) is 4.90 Å². The van der Waals surface area contributed by atoms with Crippen molar-refractivity contribution in [1.29, 1.82) is 0 Å². The maximum absolute atomic E-state index is 13.4. The zero-order valence-corrected chi connectivity index (χ0v) is 19.5. The molecular formula is C19H21IN2O4S2. The molecule has 150 valence electrons. The zero-order chi connectivity index (χ0) is 20.7. The number of hydrogen-bond donors (Lipinski definition) is 0. The van der Waals surface area contributed by atoms with Crippen molar-refractivity contribution in [3.63, 3.8) is 0 Å². The molecule has 0 N–H and O–H groups in total. The van der Waals surface area contributed by atoms with E-state index < -0.39 is 33.4 Å². The van der Waals surface area contributed by atoms with Crippen LogP contribution in [0.5, 0.6) is 0 Å². The molecule has 1 aliphatic heterocycles. The van der Waals surface area contributed by atoms with Crippen LogP contribution in [0, 0.1) is 3.57 Å². The number of benzene rings is 1. The molecule has 0 spiro atoms. The van der Waals surface area contributed by atoms with Gasteiger partial charge in [-0.15, -0.1) is 11.3 Å². The molecule has 9 heteroatoms. The Morgan fingerprint density at radius 1 is 1.21 bits per heavy atom. The number of anilines is 1. The van der Waals surface area contributed by atoms with E-state index in [0.29, 0.717) is 12.1 Å². The van der Waals surface area contributed by atoms with E-state index in [2.05, 4.69) is 22.6 Å². The summed E-state index contributed by atoms with van der Waals surface area (Å²) in [5.74, 6) is -0.901. The van der Waals surface area contributed by atoms with E-state index in [9.17, 15) is 18.0 Å². The first-order valence-electron chi connectivity index (χ1n) is 8.80. The van der Waals surface area contributed by atoms with Crippen molar-refractivity contribution < 1.29 is 18.0 Å². The van der Waals surface area contributed by atoms with Crippen LogP contribution < -0.4 is 4.90 Å². The van der Waals surface area contributed by atoms with Crippen LogP contribution in [0.3, 0.4) is 0 Å². The lowest BCUT2D eigenvalue weighted by molar-refractivity contribution is -0.122. The molecule has 1 aromatic heterocycles. The summed E-state index contributed by atoms with van der Waals surface area (Å²) in [4.78, 5) is 27.0. The van der Waals surface area contributed by atoms with Crippen molar-refractivity contribution in [2.24, 2.45) is 0 Å². The lowest BCUT2D eigenvalue weighted by Gasteiger charge is -2.39. The second-order valence-corrected chi connectivity index (χ2v) is 11.4. The van der Waals surface area contributed by atoms with Gasteiger partial charge in [-0.25, -0.2) is 13.3 Å². The van der Waals surface area contributed by atoms with Crippen LogP contribution in [-0.4, -0.2) is 36.1 Å². The van der Waals surface area contributed by atoms with Crippen LogP contribution >= 0.6 is 33.9 Å². The molecule has 2 aromatic rings. The fourth-order valence-corrected chi connectivity index (χ4v) is 6.66. The van der Waals surface area contributed by atoms with Crippen LogP contribution in [0.15, 0.2) is 46.0 Å². The van der Waals surface area contributed by atoms with E-state index in [4.69, 9.17) is 0 Å². The maximum Gasteiger partial charge on any atom is 0.253 e. The standard InChI is InChI=1S/C19H21IN2O4S2/c1-4-19(2,3)22(28(25,26)17-6-5-11-27-17)15-12-16(23)21(18(15)24)14-9-7-13(20)8-10-14/h5-11,15H,4,12H2,1-3H3. The van der Waals surface area contributed by atoms with Crippen LogP contribution in [-0.2, 0) is 19.6 Å². The summed E-state index contributed by atoms with van der Waals surface area (Å²) in [6.07, 6.45) is 0.331. The Kier molecular flexibility index (Phi) is 6.00. The summed E-state index contributed by atoms with van der Waals surface area (Å²) in [7, 11) is -3.93. The van der Waals surface area contributed by atoms with Gasteiger partial charge in [0.25, 0.3) is 15.9 Å². The van der Waals surface area contributed by atoms with Gasteiger partial charge in [-0.05, 0) is 78.6 Å². The summed E-state index contributed by atoms with van der Waals surface area (Å²) in [6.45, 7) is 5.43. The fraction of sp³-hybridized carbons (Fsp3) is 0.368. The van der Waals surface area contributed by atoms with Crippen molar-refractivity contribution in [3.05, 3.63) is 45.3 Å². The zero-order valence-electron chi connectivity index (χ0n) is 15.8. The van der Waals surface area contributed by atoms with Gasteiger partial charge in [0.05, 0.1) is 12.1 Å². The third-order valence-corrected chi connectivity index (χ3v) is 9.17. The molecular weight excluding hydrogens is 511 g/mol. The number of hydrogen-bond acceptors (Lipinski definition) is 5. The Morgan fingerprint density at radius 2 is 1.86 bits per heavy atom. The third-order valence-electron chi connectivity index (χ3n) is 4.96. The highest BCUT2D eigenvalue weighted by Gasteiger charge is 2.51. The van der Waals surface area contributed by atoms with Gasteiger partial charge in [-0.3, -0.25) is 9.59 Å². The van der Waals surface area contributed by atoms with Gasteiger partial charge in [0.15, 0.2) is 0 Å². The van der Waals surface area contributed by atoms with E-state index in [1.54, 1.807) is 49.6 Å². The van der Waals surface area contributed by atoms with Crippen molar-refractivity contribution >= 4 is 61.5 Å². The Bertz CT molecular complexity index is 985. The average Bonchev–Trinajstić information content (AvgIpc) is 3.26. The van der Waals surface area contributed by atoms with E-state index >= 15 is 0 Å². The summed E-state index contributed by atoms with van der Waals surface area (Å²) >= 11 is 3.25. The quantitative estimate of drug-likeness (QED) is 0.419. The summed E-state index contributed by atoms with van der Waals surface area (Å²) in [5.41, 5.74) is -0.369. The third kappa shape index (κ3) is 3.77. The summed E-state index contributed by atoms with van der Waals surface area (Å²) < 4.78 is 29.1. The Balaban J connectivity index is 2.06. The molecule has 0 radical (unpaired) electrons. The van der Waals surface area contributed by atoms with Crippen LogP contribution in [0.2, 0.25) is 0 Å². The Hall–Kier alpha value is -1.30.